The quantitative estimate of drug-likeness (QED) is 0.0614. The number of carbonyl (C=O) groups is 1. The summed E-state index contributed by atoms with van der Waals surface area (Å²) in [5.41, 5.74) is 10.5. The Hall–Kier alpha value is -4.68. The Morgan fingerprint density at radius 2 is 1.71 bits per heavy atom. The molecule has 300 valence electrons. The van der Waals surface area contributed by atoms with Gasteiger partial charge in [0.2, 0.25) is 11.6 Å². The fourth-order valence-electron chi connectivity index (χ4n) is 7.61. The Balaban J connectivity index is 1.42. The van der Waals surface area contributed by atoms with Gasteiger partial charge in [-0.1, -0.05) is 88.9 Å². The molecule has 0 radical (unpaired) electrons. The van der Waals surface area contributed by atoms with E-state index >= 15 is 0 Å². The molecule has 0 amide bonds. The summed E-state index contributed by atoms with van der Waals surface area (Å²) in [6.07, 6.45) is 15.4. The van der Waals surface area contributed by atoms with Crippen molar-refractivity contribution in [2.75, 3.05) is 12.0 Å². The Labute approximate surface area is 332 Å². The predicted molar refractivity (Wildman–Crippen MR) is 224 cm³/mol. The fourth-order valence-corrected chi connectivity index (χ4v) is 7.61. The lowest BCUT2D eigenvalue weighted by atomic mass is 9.69. The highest BCUT2D eigenvalue weighted by molar-refractivity contribution is 6.09. The van der Waals surface area contributed by atoms with E-state index < -0.39 is 10.9 Å². The van der Waals surface area contributed by atoms with Gasteiger partial charge in [0.1, 0.15) is 6.61 Å². The third-order valence-electron chi connectivity index (χ3n) is 10.8. The van der Waals surface area contributed by atoms with Gasteiger partial charge in [-0.2, -0.15) is 4.98 Å². The van der Waals surface area contributed by atoms with Crippen LogP contribution < -0.4 is 20.4 Å². The average Bonchev–Trinajstić information content (AvgIpc) is 3.36. The van der Waals surface area contributed by atoms with Crippen molar-refractivity contribution < 1.29 is 25.1 Å². The van der Waals surface area contributed by atoms with Gasteiger partial charge in [0.15, 0.2) is 0 Å². The van der Waals surface area contributed by atoms with Crippen molar-refractivity contribution in [3.8, 4) is 17.1 Å². The van der Waals surface area contributed by atoms with Gasteiger partial charge in [0.05, 0.1) is 27.6 Å². The lowest BCUT2D eigenvalue weighted by Gasteiger charge is -2.36. The number of rotatable bonds is 14. The number of nitrogens with zero attached hydrogens (tertiary/aromatic N) is 4. The third-order valence-corrected chi connectivity index (χ3v) is 10.8. The second-order valence-corrected chi connectivity index (χ2v) is 16.2. The van der Waals surface area contributed by atoms with E-state index in [9.17, 15) is 20.3 Å². The molecule has 2 fully saturated rings. The molecule has 1 aromatic heterocycles. The number of benzene rings is 2. The zero-order chi connectivity index (χ0) is 40.6. The van der Waals surface area contributed by atoms with Crippen LogP contribution in [0.15, 0.2) is 88.6 Å². The van der Waals surface area contributed by atoms with E-state index in [0.29, 0.717) is 18.2 Å². The number of nitrogens with one attached hydrogen (secondary N) is 2. The van der Waals surface area contributed by atoms with E-state index in [2.05, 4.69) is 80.5 Å². The van der Waals surface area contributed by atoms with Gasteiger partial charge in [-0.3, -0.25) is 4.99 Å². The van der Waals surface area contributed by atoms with E-state index in [0.717, 1.165) is 66.3 Å². The highest BCUT2D eigenvalue weighted by atomic mass is 16.9. The maximum atomic E-state index is 11.6. The van der Waals surface area contributed by atoms with Gasteiger partial charge in [0.25, 0.3) is 5.95 Å². The van der Waals surface area contributed by atoms with Crippen LogP contribution in [0.2, 0.25) is 0 Å². The van der Waals surface area contributed by atoms with Crippen LogP contribution in [0.25, 0.3) is 11.3 Å². The van der Waals surface area contributed by atoms with Crippen LogP contribution in [-0.4, -0.2) is 55.9 Å². The first-order valence-corrected chi connectivity index (χ1v) is 20.0. The molecule has 1 aliphatic carbocycles. The van der Waals surface area contributed by atoms with Crippen molar-refractivity contribution in [1.29, 1.82) is 0 Å². The molecule has 1 saturated carbocycles. The lowest BCUT2D eigenvalue weighted by molar-refractivity contribution is -0.273. The Bertz CT molecular complexity index is 1970. The second-order valence-electron chi connectivity index (χ2n) is 16.2. The second kappa shape index (κ2) is 18.5. The summed E-state index contributed by atoms with van der Waals surface area (Å²) >= 11 is 0. The number of hydrogen-bond acceptors (Lipinski definition) is 9. The van der Waals surface area contributed by atoms with Gasteiger partial charge in [-0.05, 0) is 100.0 Å². The van der Waals surface area contributed by atoms with E-state index in [-0.39, 0.29) is 40.6 Å². The van der Waals surface area contributed by atoms with Crippen LogP contribution in [-0.2, 0) is 0 Å². The number of allylic oxidation sites excluding steroid dienone is 5. The van der Waals surface area contributed by atoms with Crippen LogP contribution in [0.4, 0.5) is 11.6 Å². The maximum Gasteiger partial charge on any atom is 0.335 e. The number of aromatic nitrogens is 2. The number of aromatic carboxylic acids is 1. The monoisotopic (exact) mass is 765 g/mol. The predicted octanol–water partition coefficient (Wildman–Crippen LogP) is 10.3. The van der Waals surface area contributed by atoms with E-state index in [4.69, 9.17) is 9.73 Å². The number of carboxylic acid groups (broad SMARTS) is 1. The summed E-state index contributed by atoms with van der Waals surface area (Å²) in [5, 5.41) is 35.5. The minimum absolute atomic E-state index is 0.00151. The van der Waals surface area contributed by atoms with Crippen molar-refractivity contribution in [1.82, 2.24) is 20.2 Å². The minimum atomic E-state index is -1.88. The molecule has 56 heavy (non-hydrogen) atoms. The zero-order valence-corrected chi connectivity index (χ0v) is 34.4. The number of quaternary nitrogens is 1. The summed E-state index contributed by atoms with van der Waals surface area (Å²) in [6.45, 7) is 17.6. The van der Waals surface area contributed by atoms with Crippen LogP contribution in [0.1, 0.15) is 114 Å². The van der Waals surface area contributed by atoms with Crippen LogP contribution in [0.3, 0.4) is 0 Å². The van der Waals surface area contributed by atoms with E-state index in [1.165, 1.54) is 48.6 Å². The average molecular weight is 766 g/mol. The molecule has 2 aromatic carbocycles. The molecule has 3 aromatic rings. The molecular weight excluding hydrogens is 705 g/mol. The standard InChI is InChI=1S/C45H60N6O5/c1-9-16-29(3)39(26-36(45(6,7)8)32-19-14-20-32)47-37(10-2)38-24-12-11-22-34(46-38)28-56-41-27-40(42-30(4)17-13-18-31(42)5)48-44(49-41)50-51(54,55)35-23-15-21-33(25-35)43(52)53/h10,13,15-18,21,23,25-27,32,34,38,46,54-55H,9,11-12,14,19-20,22,24,28H2,1-8H3,(H-,48,49,50,52,53)/p+1/b29-16-,36-26+,37-10-,47-39?. The Morgan fingerprint density at radius 3 is 2.34 bits per heavy atom. The minimum Gasteiger partial charge on any atom is -0.478 e. The molecule has 11 heteroatoms. The molecule has 5 rings (SSSR count). The molecule has 5 N–H and O–H groups in total. The Kier molecular flexibility index (Phi) is 14.0. The van der Waals surface area contributed by atoms with Crippen LogP contribution in [0.5, 0.6) is 5.88 Å². The molecular formula is C45H61N6O5+. The van der Waals surface area contributed by atoms with Crippen molar-refractivity contribution in [2.45, 2.75) is 119 Å². The van der Waals surface area contributed by atoms with Crippen molar-refractivity contribution in [3.63, 3.8) is 0 Å². The molecule has 2 atom stereocenters. The first-order valence-electron chi connectivity index (χ1n) is 20.0. The van der Waals surface area contributed by atoms with Gasteiger partial charge >= 0.3 is 5.97 Å². The number of carboxylic acids is 1. The highest BCUT2D eigenvalue weighted by Crippen LogP contribution is 2.42. The molecule has 1 saturated heterocycles. The smallest absolute Gasteiger partial charge is 0.335 e. The molecule has 1 aliphatic heterocycles. The van der Waals surface area contributed by atoms with Gasteiger partial charge < -0.3 is 15.2 Å². The first-order chi connectivity index (χ1) is 26.6. The molecule has 0 spiro atoms. The molecule has 0 bridgehead atoms. The fraction of sp³-hybridized carbons (Fsp3) is 0.467. The maximum absolute atomic E-state index is 11.6. The van der Waals surface area contributed by atoms with Gasteiger partial charge in [-0.25, -0.2) is 9.78 Å². The number of hydrogen-bond donors (Lipinski definition) is 5. The Morgan fingerprint density at radius 1 is 1.02 bits per heavy atom. The normalized spacial score (nSPS) is 19.3. The topological polar surface area (TPSA) is 149 Å². The number of aryl methyl sites for hydroxylation is 2. The third kappa shape index (κ3) is 10.8. The lowest BCUT2D eigenvalue weighted by Crippen LogP contribution is -2.48. The van der Waals surface area contributed by atoms with Crippen LogP contribution in [0, 0.1) is 25.2 Å². The van der Waals surface area contributed by atoms with Crippen molar-refractivity contribution >= 4 is 23.3 Å². The largest absolute Gasteiger partial charge is 0.478 e. The molecule has 2 heterocycles. The van der Waals surface area contributed by atoms with Crippen LogP contribution >= 0.6 is 0 Å². The summed E-state index contributed by atoms with van der Waals surface area (Å²) in [5.74, 6) is -0.444. The summed E-state index contributed by atoms with van der Waals surface area (Å²) in [6, 6.07) is 13.1. The molecule has 11 nitrogen and oxygen atoms in total. The number of anilines is 1. The first kappa shape index (κ1) is 42.5. The SMILES string of the molecule is C/C=C(N=C(/C=C(\C1CCC1)C(C)(C)C)/C(C)=C\CC)/C1CCCCC(COc2cc(-c3c(C)cccc3C)nc(N[N+](O)(O)c3cccc(C(=O)O)c3)n2)N1. The number of ether oxygens (including phenoxy) is 1. The highest BCUT2D eigenvalue weighted by Gasteiger charge is 2.32. The molecule has 2 aliphatic rings. The van der Waals surface area contributed by atoms with E-state index in [1.807, 2.05) is 32.0 Å². The molecule has 2 unspecified atom stereocenters. The zero-order valence-electron chi connectivity index (χ0n) is 34.4. The van der Waals surface area contributed by atoms with Crippen molar-refractivity contribution in [2.24, 2.45) is 16.3 Å². The summed E-state index contributed by atoms with van der Waals surface area (Å²) in [4.78, 5) is 24.3. The van der Waals surface area contributed by atoms with Gasteiger partial charge in [0, 0.05) is 35.8 Å². The number of aliphatic imine (C=N–C) groups is 1. The summed E-state index contributed by atoms with van der Waals surface area (Å²) in [7, 11) is 0. The van der Waals surface area contributed by atoms with Crippen molar-refractivity contribution in [3.05, 3.63) is 100 Å². The summed E-state index contributed by atoms with van der Waals surface area (Å²) < 4.78 is 6.43. The van der Waals surface area contributed by atoms with E-state index in [1.54, 1.807) is 6.07 Å². The van der Waals surface area contributed by atoms with Gasteiger partial charge in [-0.15, -0.1) is 15.8 Å².